The van der Waals surface area contributed by atoms with E-state index in [1.54, 1.807) is 0 Å². The van der Waals surface area contributed by atoms with E-state index in [0.29, 0.717) is 13.0 Å². The molecular weight excluding hydrogens is 312 g/mol. The molecule has 0 unspecified atom stereocenters. The molecule has 1 N–H and O–H groups in total. The fourth-order valence-corrected chi connectivity index (χ4v) is 3.06. The van der Waals surface area contributed by atoms with Crippen LogP contribution in [0.2, 0.25) is 0 Å². The van der Waals surface area contributed by atoms with E-state index in [-0.39, 0.29) is 5.91 Å². The van der Waals surface area contributed by atoms with Crippen LogP contribution in [0, 0.1) is 6.92 Å². The van der Waals surface area contributed by atoms with E-state index in [1.807, 2.05) is 41.3 Å². The van der Waals surface area contributed by atoms with Crippen molar-refractivity contribution < 1.29 is 9.53 Å². The molecular formula is C21H26N2O2. The van der Waals surface area contributed by atoms with E-state index in [0.717, 1.165) is 43.9 Å². The summed E-state index contributed by atoms with van der Waals surface area (Å²) in [6, 6.07) is 16.1. The highest BCUT2D eigenvalue weighted by atomic mass is 16.5. The lowest BCUT2D eigenvalue weighted by Crippen LogP contribution is -2.35. The van der Waals surface area contributed by atoms with Gasteiger partial charge in [0.05, 0.1) is 6.42 Å². The van der Waals surface area contributed by atoms with Crippen LogP contribution in [0.4, 0.5) is 0 Å². The van der Waals surface area contributed by atoms with Gasteiger partial charge in [0.1, 0.15) is 12.4 Å². The highest BCUT2D eigenvalue weighted by Crippen LogP contribution is 2.17. The SMILES string of the molecule is Cc1ccccc1COc1cccc(CC(=O)N2CCCNCC2)c1. The molecule has 0 aromatic heterocycles. The lowest BCUT2D eigenvalue weighted by molar-refractivity contribution is -0.130. The maximum Gasteiger partial charge on any atom is 0.227 e. The van der Waals surface area contributed by atoms with Gasteiger partial charge in [0.2, 0.25) is 5.91 Å². The summed E-state index contributed by atoms with van der Waals surface area (Å²) in [6.07, 6.45) is 1.45. The van der Waals surface area contributed by atoms with Crippen LogP contribution in [0.1, 0.15) is 23.1 Å². The van der Waals surface area contributed by atoms with E-state index in [2.05, 4.69) is 24.4 Å². The molecule has 2 aromatic carbocycles. The quantitative estimate of drug-likeness (QED) is 0.911. The number of benzene rings is 2. The van der Waals surface area contributed by atoms with Gasteiger partial charge in [-0.25, -0.2) is 0 Å². The maximum atomic E-state index is 12.5. The van der Waals surface area contributed by atoms with Crippen LogP contribution < -0.4 is 10.1 Å². The summed E-state index contributed by atoms with van der Waals surface area (Å²) in [7, 11) is 0. The second kappa shape index (κ2) is 8.67. The summed E-state index contributed by atoms with van der Waals surface area (Å²) in [5.74, 6) is 1.01. The lowest BCUT2D eigenvalue weighted by atomic mass is 10.1. The molecule has 0 bridgehead atoms. The van der Waals surface area contributed by atoms with Crippen LogP contribution in [-0.2, 0) is 17.8 Å². The van der Waals surface area contributed by atoms with Gasteiger partial charge in [-0.05, 0) is 48.7 Å². The fraction of sp³-hybridized carbons (Fsp3) is 0.381. The molecule has 2 aromatic rings. The molecule has 0 aliphatic carbocycles. The Labute approximate surface area is 149 Å². The third kappa shape index (κ3) is 5.07. The normalized spacial score (nSPS) is 14.8. The van der Waals surface area contributed by atoms with Crippen LogP contribution in [0.15, 0.2) is 48.5 Å². The summed E-state index contributed by atoms with van der Waals surface area (Å²) >= 11 is 0. The first kappa shape index (κ1) is 17.5. The summed E-state index contributed by atoms with van der Waals surface area (Å²) in [5, 5.41) is 3.33. The molecule has 0 saturated carbocycles. The Morgan fingerprint density at radius 2 is 2.00 bits per heavy atom. The molecule has 132 valence electrons. The molecule has 0 spiro atoms. The Morgan fingerprint density at radius 3 is 2.88 bits per heavy atom. The minimum atomic E-state index is 0.194. The lowest BCUT2D eigenvalue weighted by Gasteiger charge is -2.20. The highest BCUT2D eigenvalue weighted by molar-refractivity contribution is 5.79. The monoisotopic (exact) mass is 338 g/mol. The molecule has 25 heavy (non-hydrogen) atoms. The molecule has 1 heterocycles. The van der Waals surface area contributed by atoms with Gasteiger partial charge in [0.15, 0.2) is 0 Å². The van der Waals surface area contributed by atoms with E-state index < -0.39 is 0 Å². The third-order valence-electron chi connectivity index (χ3n) is 4.60. The first-order chi connectivity index (χ1) is 12.2. The summed E-state index contributed by atoms with van der Waals surface area (Å²) in [5.41, 5.74) is 3.41. The third-order valence-corrected chi connectivity index (χ3v) is 4.60. The Bertz CT molecular complexity index is 707. The first-order valence-electron chi connectivity index (χ1n) is 8.97. The average molecular weight is 338 g/mol. The van der Waals surface area contributed by atoms with Gasteiger partial charge in [0, 0.05) is 19.6 Å². The van der Waals surface area contributed by atoms with Crippen molar-refractivity contribution in [3.63, 3.8) is 0 Å². The predicted molar refractivity (Wildman–Crippen MR) is 99.7 cm³/mol. The molecule has 1 aliphatic rings. The average Bonchev–Trinajstić information content (AvgIpc) is 2.91. The number of hydrogen-bond acceptors (Lipinski definition) is 3. The number of ether oxygens (including phenoxy) is 1. The van der Waals surface area contributed by atoms with Crippen LogP contribution in [0.5, 0.6) is 5.75 Å². The number of nitrogens with one attached hydrogen (secondary N) is 1. The Kier molecular flexibility index (Phi) is 6.07. The minimum Gasteiger partial charge on any atom is -0.489 e. The van der Waals surface area contributed by atoms with Crippen LogP contribution in [0.25, 0.3) is 0 Å². The van der Waals surface area contributed by atoms with Crippen molar-refractivity contribution in [1.82, 2.24) is 10.2 Å². The Hall–Kier alpha value is -2.33. The number of rotatable bonds is 5. The second-order valence-corrected chi connectivity index (χ2v) is 6.52. The van der Waals surface area contributed by atoms with Crippen molar-refractivity contribution >= 4 is 5.91 Å². The number of nitrogens with zero attached hydrogens (tertiary/aromatic N) is 1. The zero-order valence-electron chi connectivity index (χ0n) is 14.8. The van der Waals surface area contributed by atoms with E-state index in [1.165, 1.54) is 11.1 Å². The molecule has 1 aliphatic heterocycles. The van der Waals surface area contributed by atoms with Crippen molar-refractivity contribution in [2.24, 2.45) is 0 Å². The van der Waals surface area contributed by atoms with Gasteiger partial charge in [-0.3, -0.25) is 4.79 Å². The molecule has 4 nitrogen and oxygen atoms in total. The van der Waals surface area contributed by atoms with Crippen molar-refractivity contribution in [2.45, 2.75) is 26.4 Å². The summed E-state index contributed by atoms with van der Waals surface area (Å²) < 4.78 is 5.93. The topological polar surface area (TPSA) is 41.6 Å². The summed E-state index contributed by atoms with van der Waals surface area (Å²) in [4.78, 5) is 14.5. The van der Waals surface area contributed by atoms with Crippen molar-refractivity contribution in [2.75, 3.05) is 26.2 Å². The molecule has 1 amide bonds. The van der Waals surface area contributed by atoms with Crippen LogP contribution in [0.3, 0.4) is 0 Å². The zero-order chi connectivity index (χ0) is 17.5. The van der Waals surface area contributed by atoms with Crippen LogP contribution >= 0.6 is 0 Å². The van der Waals surface area contributed by atoms with Gasteiger partial charge in [0.25, 0.3) is 0 Å². The molecule has 0 radical (unpaired) electrons. The number of aryl methyl sites for hydroxylation is 1. The van der Waals surface area contributed by atoms with Crippen LogP contribution in [-0.4, -0.2) is 37.0 Å². The smallest absolute Gasteiger partial charge is 0.227 e. The standard InChI is InChI=1S/C21H26N2O2/c1-17-6-2-3-8-19(17)16-25-20-9-4-7-18(14-20)15-21(24)23-12-5-10-22-11-13-23/h2-4,6-9,14,22H,5,10-13,15-16H2,1H3. The van der Waals surface area contributed by atoms with Gasteiger partial charge in [-0.15, -0.1) is 0 Å². The number of carbonyl (C=O) groups is 1. The molecule has 0 atom stereocenters. The van der Waals surface area contributed by atoms with Crippen molar-refractivity contribution in [3.05, 3.63) is 65.2 Å². The van der Waals surface area contributed by atoms with Gasteiger partial charge in [-0.2, -0.15) is 0 Å². The highest BCUT2D eigenvalue weighted by Gasteiger charge is 2.15. The first-order valence-corrected chi connectivity index (χ1v) is 8.97. The molecule has 4 heteroatoms. The molecule has 3 rings (SSSR count). The van der Waals surface area contributed by atoms with E-state index in [4.69, 9.17) is 4.74 Å². The van der Waals surface area contributed by atoms with Crippen molar-refractivity contribution in [1.29, 1.82) is 0 Å². The van der Waals surface area contributed by atoms with E-state index >= 15 is 0 Å². The van der Waals surface area contributed by atoms with E-state index in [9.17, 15) is 4.79 Å². The molecule has 1 saturated heterocycles. The summed E-state index contributed by atoms with van der Waals surface area (Å²) in [6.45, 7) is 6.14. The number of amides is 1. The number of hydrogen-bond donors (Lipinski definition) is 1. The van der Waals surface area contributed by atoms with Gasteiger partial charge >= 0.3 is 0 Å². The largest absolute Gasteiger partial charge is 0.489 e. The van der Waals surface area contributed by atoms with Crippen molar-refractivity contribution in [3.8, 4) is 5.75 Å². The second-order valence-electron chi connectivity index (χ2n) is 6.52. The minimum absolute atomic E-state index is 0.194. The Balaban J connectivity index is 1.59. The zero-order valence-corrected chi connectivity index (χ0v) is 14.8. The Morgan fingerprint density at radius 1 is 1.12 bits per heavy atom. The number of carbonyl (C=O) groups excluding carboxylic acids is 1. The van der Waals surface area contributed by atoms with Gasteiger partial charge in [-0.1, -0.05) is 36.4 Å². The maximum absolute atomic E-state index is 12.5. The van der Waals surface area contributed by atoms with Gasteiger partial charge < -0.3 is 15.0 Å². The predicted octanol–water partition coefficient (Wildman–Crippen LogP) is 2.94. The fourth-order valence-electron chi connectivity index (χ4n) is 3.06. The molecule has 1 fully saturated rings.